The predicted molar refractivity (Wildman–Crippen MR) is 93.6 cm³/mol. The third-order valence-corrected chi connectivity index (χ3v) is 5.39. The molecule has 122 valence electrons. The van der Waals surface area contributed by atoms with Gasteiger partial charge in [-0.05, 0) is 38.8 Å². The van der Waals surface area contributed by atoms with Crippen LogP contribution in [0, 0.1) is 6.92 Å². The zero-order valence-corrected chi connectivity index (χ0v) is 14.5. The zero-order valence-electron chi connectivity index (χ0n) is 13.6. The van der Waals surface area contributed by atoms with Gasteiger partial charge in [0.15, 0.2) is 6.10 Å². The Morgan fingerprint density at radius 3 is 2.64 bits per heavy atom. The second kappa shape index (κ2) is 9.09. The Morgan fingerprint density at radius 2 is 1.95 bits per heavy atom. The van der Waals surface area contributed by atoms with Crippen LogP contribution < -0.4 is 10.1 Å². The van der Waals surface area contributed by atoms with Gasteiger partial charge in [-0.25, -0.2) is 0 Å². The van der Waals surface area contributed by atoms with Crippen molar-refractivity contribution in [3.63, 3.8) is 0 Å². The van der Waals surface area contributed by atoms with E-state index in [0.717, 1.165) is 23.3 Å². The van der Waals surface area contributed by atoms with Crippen molar-refractivity contribution in [2.75, 3.05) is 12.3 Å². The first kappa shape index (κ1) is 17.2. The summed E-state index contributed by atoms with van der Waals surface area (Å²) in [6.07, 6.45) is 6.35. The van der Waals surface area contributed by atoms with Crippen LogP contribution in [0.2, 0.25) is 0 Å². The van der Waals surface area contributed by atoms with Gasteiger partial charge < -0.3 is 10.1 Å². The molecule has 0 aromatic heterocycles. The van der Waals surface area contributed by atoms with Gasteiger partial charge in [-0.15, -0.1) is 0 Å². The summed E-state index contributed by atoms with van der Waals surface area (Å²) in [5, 5.41) is 3.77. The number of benzene rings is 1. The van der Waals surface area contributed by atoms with Crippen molar-refractivity contribution in [2.45, 2.75) is 57.3 Å². The Bertz CT molecular complexity index is 455. The molecule has 1 atom stereocenters. The van der Waals surface area contributed by atoms with Crippen molar-refractivity contribution < 1.29 is 9.53 Å². The van der Waals surface area contributed by atoms with Crippen molar-refractivity contribution in [1.82, 2.24) is 5.32 Å². The minimum atomic E-state index is -0.456. The number of carbonyl (C=O) groups is 1. The molecule has 2 rings (SSSR count). The van der Waals surface area contributed by atoms with Gasteiger partial charge in [0.1, 0.15) is 5.75 Å². The van der Waals surface area contributed by atoms with Crippen LogP contribution in [0.3, 0.4) is 0 Å². The Morgan fingerprint density at radius 1 is 1.27 bits per heavy atom. The lowest BCUT2D eigenvalue weighted by atomic mass is 10.0. The molecule has 4 heteroatoms. The molecule has 3 nitrogen and oxygen atoms in total. The number of carbonyl (C=O) groups excluding carboxylic acids is 1. The fourth-order valence-corrected chi connectivity index (χ4v) is 3.87. The summed E-state index contributed by atoms with van der Waals surface area (Å²) >= 11 is 2.00. The quantitative estimate of drug-likeness (QED) is 0.773. The van der Waals surface area contributed by atoms with Gasteiger partial charge in [0.05, 0.1) is 0 Å². The third kappa shape index (κ3) is 5.91. The standard InChI is InChI=1S/C18H27NO2S/c1-14-8-10-16(11-9-14)21-15(2)18(20)19-12-13-22-17-6-4-3-5-7-17/h8-11,15,17H,3-7,12-13H2,1-2H3,(H,19,20)/t15-/m1/s1. The molecule has 1 aromatic rings. The van der Waals surface area contributed by atoms with Crippen molar-refractivity contribution in [2.24, 2.45) is 0 Å². The van der Waals surface area contributed by atoms with Crippen molar-refractivity contribution in [1.29, 1.82) is 0 Å². The van der Waals surface area contributed by atoms with Crippen LogP contribution in [-0.2, 0) is 4.79 Å². The zero-order chi connectivity index (χ0) is 15.8. The molecule has 0 saturated heterocycles. The van der Waals surface area contributed by atoms with Crippen molar-refractivity contribution in [3.05, 3.63) is 29.8 Å². The van der Waals surface area contributed by atoms with Gasteiger partial charge in [0, 0.05) is 17.5 Å². The number of ether oxygens (including phenoxy) is 1. The Hall–Kier alpha value is -1.16. The van der Waals surface area contributed by atoms with E-state index in [2.05, 4.69) is 5.32 Å². The largest absolute Gasteiger partial charge is 0.481 e. The summed E-state index contributed by atoms with van der Waals surface area (Å²) in [5.74, 6) is 1.70. The average Bonchev–Trinajstić information content (AvgIpc) is 2.54. The van der Waals surface area contributed by atoms with Gasteiger partial charge >= 0.3 is 0 Å². The molecule has 0 bridgehead atoms. The molecule has 1 fully saturated rings. The summed E-state index contributed by atoms with van der Waals surface area (Å²) in [6.45, 7) is 4.55. The maximum absolute atomic E-state index is 12.0. The van der Waals surface area contributed by atoms with E-state index in [9.17, 15) is 4.79 Å². The molecule has 0 heterocycles. The Kier molecular flexibility index (Phi) is 7.10. The van der Waals surface area contributed by atoms with E-state index < -0.39 is 6.10 Å². The lowest BCUT2D eigenvalue weighted by Gasteiger charge is -2.21. The van der Waals surface area contributed by atoms with E-state index in [4.69, 9.17) is 4.74 Å². The van der Waals surface area contributed by atoms with Crippen LogP contribution in [-0.4, -0.2) is 29.6 Å². The number of amides is 1. The van der Waals surface area contributed by atoms with Gasteiger partial charge in [-0.1, -0.05) is 37.0 Å². The Labute approximate surface area is 138 Å². The lowest BCUT2D eigenvalue weighted by molar-refractivity contribution is -0.127. The molecule has 1 N–H and O–H groups in total. The molecule has 0 radical (unpaired) electrons. The first-order valence-corrected chi connectivity index (χ1v) is 9.32. The predicted octanol–water partition coefficient (Wildman–Crippen LogP) is 3.94. The number of nitrogens with one attached hydrogen (secondary N) is 1. The van der Waals surface area contributed by atoms with E-state index in [1.165, 1.54) is 37.7 Å². The number of hydrogen-bond acceptors (Lipinski definition) is 3. The van der Waals surface area contributed by atoms with E-state index in [-0.39, 0.29) is 5.91 Å². The van der Waals surface area contributed by atoms with E-state index in [1.807, 2.05) is 43.0 Å². The van der Waals surface area contributed by atoms with E-state index in [0.29, 0.717) is 0 Å². The second-order valence-electron chi connectivity index (χ2n) is 5.99. The molecule has 1 saturated carbocycles. The number of aryl methyl sites for hydroxylation is 1. The normalized spacial score (nSPS) is 17.0. The van der Waals surface area contributed by atoms with Crippen LogP contribution in [0.25, 0.3) is 0 Å². The van der Waals surface area contributed by atoms with Crippen molar-refractivity contribution >= 4 is 17.7 Å². The average molecular weight is 321 g/mol. The number of hydrogen-bond donors (Lipinski definition) is 1. The fraction of sp³-hybridized carbons (Fsp3) is 0.611. The number of rotatable bonds is 7. The minimum Gasteiger partial charge on any atom is -0.481 e. The van der Waals surface area contributed by atoms with E-state index in [1.54, 1.807) is 6.92 Å². The van der Waals surface area contributed by atoms with Crippen LogP contribution in [0.15, 0.2) is 24.3 Å². The molecule has 1 aliphatic rings. The minimum absolute atomic E-state index is 0.0372. The SMILES string of the molecule is Cc1ccc(O[C@H](C)C(=O)NCCSC2CCCCC2)cc1. The first-order chi connectivity index (χ1) is 10.6. The summed E-state index contributed by atoms with van der Waals surface area (Å²) in [4.78, 5) is 12.0. The van der Waals surface area contributed by atoms with Gasteiger partial charge in [-0.2, -0.15) is 11.8 Å². The molecule has 0 unspecified atom stereocenters. The van der Waals surface area contributed by atoms with Gasteiger partial charge in [-0.3, -0.25) is 4.79 Å². The molecule has 1 amide bonds. The third-order valence-electron chi connectivity index (χ3n) is 4.01. The fourth-order valence-electron chi connectivity index (χ4n) is 2.65. The van der Waals surface area contributed by atoms with Gasteiger partial charge in [0.2, 0.25) is 0 Å². The first-order valence-electron chi connectivity index (χ1n) is 8.28. The second-order valence-corrected chi connectivity index (χ2v) is 7.40. The van der Waals surface area contributed by atoms with Crippen molar-refractivity contribution in [3.8, 4) is 5.75 Å². The highest BCUT2D eigenvalue weighted by Gasteiger charge is 2.16. The molecular weight excluding hydrogens is 294 g/mol. The van der Waals surface area contributed by atoms with E-state index >= 15 is 0 Å². The molecule has 1 aliphatic carbocycles. The number of thioether (sulfide) groups is 1. The van der Waals surface area contributed by atoms with Gasteiger partial charge in [0.25, 0.3) is 5.91 Å². The molecule has 22 heavy (non-hydrogen) atoms. The maximum atomic E-state index is 12.0. The summed E-state index contributed by atoms with van der Waals surface area (Å²) in [6, 6.07) is 7.78. The molecular formula is C18H27NO2S. The maximum Gasteiger partial charge on any atom is 0.260 e. The molecule has 0 aliphatic heterocycles. The molecule has 0 spiro atoms. The highest BCUT2D eigenvalue weighted by Crippen LogP contribution is 2.27. The summed E-state index contributed by atoms with van der Waals surface area (Å²) in [7, 11) is 0. The summed E-state index contributed by atoms with van der Waals surface area (Å²) < 4.78 is 5.66. The highest BCUT2D eigenvalue weighted by atomic mass is 32.2. The molecule has 1 aromatic carbocycles. The smallest absolute Gasteiger partial charge is 0.260 e. The topological polar surface area (TPSA) is 38.3 Å². The summed E-state index contributed by atoms with van der Waals surface area (Å²) in [5.41, 5.74) is 1.18. The Balaban J connectivity index is 1.62. The highest BCUT2D eigenvalue weighted by molar-refractivity contribution is 7.99. The van der Waals surface area contributed by atoms with Crippen LogP contribution in [0.5, 0.6) is 5.75 Å². The van der Waals surface area contributed by atoms with Crippen LogP contribution in [0.1, 0.15) is 44.6 Å². The van der Waals surface area contributed by atoms with Crippen LogP contribution >= 0.6 is 11.8 Å². The van der Waals surface area contributed by atoms with Crippen LogP contribution in [0.4, 0.5) is 0 Å². The monoisotopic (exact) mass is 321 g/mol. The lowest BCUT2D eigenvalue weighted by Crippen LogP contribution is -2.37.